The molecular weight excluding hydrogens is 300 g/mol. The highest BCUT2D eigenvalue weighted by atomic mass is 14.4. The molecule has 3 aromatic carbocycles. The Kier molecular flexibility index (Phi) is 3.65. The topological polar surface area (TPSA) is 0 Å². The van der Waals surface area contributed by atoms with Crippen LogP contribution in [-0.2, 0) is 5.41 Å². The lowest BCUT2D eigenvalue weighted by molar-refractivity contribution is 0.597. The van der Waals surface area contributed by atoms with Crippen molar-refractivity contribution >= 4 is 5.57 Å². The first kappa shape index (κ1) is 15.9. The summed E-state index contributed by atoms with van der Waals surface area (Å²) >= 11 is 0. The maximum absolute atomic E-state index is 4.22. The van der Waals surface area contributed by atoms with Gasteiger partial charge >= 0.3 is 0 Å². The van der Waals surface area contributed by atoms with E-state index in [1.807, 2.05) is 0 Å². The zero-order valence-electron chi connectivity index (χ0n) is 15.2. The smallest absolute Gasteiger partial charge is 0.0352 e. The molecule has 124 valence electrons. The normalized spacial score (nSPS) is 15.3. The van der Waals surface area contributed by atoms with Gasteiger partial charge in [-0.3, -0.25) is 0 Å². The molecule has 0 fully saturated rings. The van der Waals surface area contributed by atoms with Crippen molar-refractivity contribution in [2.45, 2.75) is 32.1 Å². The van der Waals surface area contributed by atoms with Gasteiger partial charge in [0.05, 0.1) is 0 Å². The van der Waals surface area contributed by atoms with Gasteiger partial charge in [-0.05, 0) is 40.3 Å². The van der Waals surface area contributed by atoms with Crippen molar-refractivity contribution in [1.29, 1.82) is 0 Å². The predicted molar refractivity (Wildman–Crippen MR) is 107 cm³/mol. The maximum atomic E-state index is 4.22. The molecule has 0 bridgehead atoms. The van der Waals surface area contributed by atoms with Crippen molar-refractivity contribution in [3.8, 4) is 0 Å². The minimum Gasteiger partial charge on any atom is -0.0955 e. The summed E-state index contributed by atoms with van der Waals surface area (Å²) < 4.78 is 0. The number of rotatable bonds is 2. The molecule has 0 amide bonds. The van der Waals surface area contributed by atoms with Gasteiger partial charge in [0.1, 0.15) is 0 Å². The number of hydrogen-bond donors (Lipinski definition) is 0. The molecule has 4 rings (SSSR count). The molecule has 0 heterocycles. The Morgan fingerprint density at radius 1 is 0.720 bits per heavy atom. The van der Waals surface area contributed by atoms with Crippen molar-refractivity contribution in [2.75, 3.05) is 0 Å². The van der Waals surface area contributed by atoms with E-state index in [0.717, 1.165) is 5.57 Å². The fourth-order valence-corrected chi connectivity index (χ4v) is 4.42. The molecule has 25 heavy (non-hydrogen) atoms. The van der Waals surface area contributed by atoms with Gasteiger partial charge in [0.25, 0.3) is 0 Å². The van der Waals surface area contributed by atoms with E-state index in [2.05, 4.69) is 100 Å². The summed E-state index contributed by atoms with van der Waals surface area (Å²) in [5, 5.41) is 0. The lowest BCUT2D eigenvalue weighted by atomic mass is 9.63. The van der Waals surface area contributed by atoms with E-state index in [9.17, 15) is 0 Å². The second-order valence-corrected chi connectivity index (χ2v) is 7.60. The van der Waals surface area contributed by atoms with E-state index in [1.54, 1.807) is 0 Å². The first-order chi connectivity index (χ1) is 12.0. The minimum atomic E-state index is 0.0157. The van der Waals surface area contributed by atoms with E-state index in [-0.39, 0.29) is 11.3 Å². The molecule has 0 N–H and O–H groups in total. The van der Waals surface area contributed by atoms with Crippen LogP contribution in [-0.4, -0.2) is 0 Å². The molecule has 0 unspecified atom stereocenters. The van der Waals surface area contributed by atoms with E-state index >= 15 is 0 Å². The standard InChI is InChI=1S/C25H24/c1-17(2)18-11-5-6-12-19(18)24-20-13-7-9-15-22(20)25(3,4)23-16-10-8-14-21(23)24/h5-16,24H,1H2,2-4H3. The van der Waals surface area contributed by atoms with Crippen LogP contribution >= 0.6 is 0 Å². The van der Waals surface area contributed by atoms with Crippen molar-refractivity contribution in [2.24, 2.45) is 0 Å². The van der Waals surface area contributed by atoms with Crippen molar-refractivity contribution in [1.82, 2.24) is 0 Å². The van der Waals surface area contributed by atoms with Gasteiger partial charge in [-0.25, -0.2) is 0 Å². The Labute approximate surface area is 150 Å². The Morgan fingerprint density at radius 3 is 1.68 bits per heavy atom. The first-order valence-electron chi connectivity index (χ1n) is 8.95. The quantitative estimate of drug-likeness (QED) is 0.502. The van der Waals surface area contributed by atoms with Gasteiger partial charge in [-0.2, -0.15) is 0 Å². The summed E-state index contributed by atoms with van der Waals surface area (Å²) in [6.07, 6.45) is 0. The minimum absolute atomic E-state index is 0.0157. The lowest BCUT2D eigenvalue weighted by Crippen LogP contribution is -2.30. The Balaban J connectivity index is 2.07. The first-order valence-corrected chi connectivity index (χ1v) is 8.95. The molecule has 0 saturated heterocycles. The monoisotopic (exact) mass is 324 g/mol. The second-order valence-electron chi connectivity index (χ2n) is 7.60. The van der Waals surface area contributed by atoms with Gasteiger partial charge in [-0.1, -0.05) is 98.8 Å². The number of hydrogen-bond acceptors (Lipinski definition) is 0. The van der Waals surface area contributed by atoms with Crippen LogP contribution in [0.5, 0.6) is 0 Å². The molecule has 0 radical (unpaired) electrons. The van der Waals surface area contributed by atoms with Crippen LogP contribution < -0.4 is 0 Å². The van der Waals surface area contributed by atoms with E-state index < -0.39 is 0 Å². The third kappa shape index (κ3) is 2.36. The number of benzene rings is 3. The third-order valence-corrected chi connectivity index (χ3v) is 5.62. The average molecular weight is 324 g/mol. The van der Waals surface area contributed by atoms with Crippen molar-refractivity contribution in [3.05, 3.63) is 113 Å². The molecule has 0 aromatic heterocycles. The zero-order chi connectivity index (χ0) is 17.6. The van der Waals surface area contributed by atoms with E-state index in [0.29, 0.717) is 0 Å². The maximum Gasteiger partial charge on any atom is 0.0352 e. The average Bonchev–Trinajstić information content (AvgIpc) is 2.62. The van der Waals surface area contributed by atoms with Crippen LogP contribution in [0.1, 0.15) is 60.1 Å². The molecule has 1 aliphatic carbocycles. The molecule has 0 spiro atoms. The summed E-state index contributed by atoms with van der Waals surface area (Å²) in [6.45, 7) is 11.0. The largest absolute Gasteiger partial charge is 0.0955 e. The van der Waals surface area contributed by atoms with Crippen LogP contribution in [0.15, 0.2) is 79.4 Å². The van der Waals surface area contributed by atoms with Gasteiger partial charge in [-0.15, -0.1) is 0 Å². The van der Waals surface area contributed by atoms with Gasteiger partial charge < -0.3 is 0 Å². The molecular formula is C25H24. The molecule has 0 nitrogen and oxygen atoms in total. The van der Waals surface area contributed by atoms with Crippen LogP contribution in [0.25, 0.3) is 5.57 Å². The fraction of sp³-hybridized carbons (Fsp3) is 0.200. The summed E-state index contributed by atoms with van der Waals surface area (Å²) in [6, 6.07) is 26.6. The van der Waals surface area contributed by atoms with E-state index in [1.165, 1.54) is 33.4 Å². The highest BCUT2D eigenvalue weighted by Crippen LogP contribution is 2.49. The highest BCUT2D eigenvalue weighted by Gasteiger charge is 2.38. The summed E-state index contributed by atoms with van der Waals surface area (Å²) in [5.74, 6) is 0.258. The zero-order valence-corrected chi connectivity index (χ0v) is 15.2. The lowest BCUT2D eigenvalue weighted by Gasteiger charge is -2.40. The van der Waals surface area contributed by atoms with Crippen LogP contribution in [0.3, 0.4) is 0 Å². The van der Waals surface area contributed by atoms with Crippen molar-refractivity contribution in [3.63, 3.8) is 0 Å². The van der Waals surface area contributed by atoms with Crippen LogP contribution in [0.4, 0.5) is 0 Å². The van der Waals surface area contributed by atoms with Gasteiger partial charge in [0.2, 0.25) is 0 Å². The van der Waals surface area contributed by atoms with Gasteiger partial charge in [0.15, 0.2) is 0 Å². The Bertz CT molecular complexity index is 910. The van der Waals surface area contributed by atoms with Crippen LogP contribution in [0.2, 0.25) is 0 Å². The van der Waals surface area contributed by atoms with Crippen LogP contribution in [0, 0.1) is 0 Å². The predicted octanol–water partition coefficient (Wildman–Crippen LogP) is 6.54. The van der Waals surface area contributed by atoms with Crippen molar-refractivity contribution < 1.29 is 0 Å². The summed E-state index contributed by atoms with van der Waals surface area (Å²) in [7, 11) is 0. The van der Waals surface area contributed by atoms with Gasteiger partial charge in [0, 0.05) is 11.3 Å². The molecule has 0 atom stereocenters. The number of allylic oxidation sites excluding steroid dienone is 1. The highest BCUT2D eigenvalue weighted by molar-refractivity contribution is 5.69. The second kappa shape index (κ2) is 5.74. The molecule has 0 heteroatoms. The SMILES string of the molecule is C=C(C)c1ccccc1C1c2ccccc2C(C)(C)c2ccccc21. The Hall–Kier alpha value is -2.60. The fourth-order valence-electron chi connectivity index (χ4n) is 4.42. The Morgan fingerprint density at radius 2 is 1.16 bits per heavy atom. The summed E-state index contributed by atoms with van der Waals surface area (Å²) in [4.78, 5) is 0. The molecule has 1 aliphatic rings. The van der Waals surface area contributed by atoms with E-state index in [4.69, 9.17) is 0 Å². The third-order valence-electron chi connectivity index (χ3n) is 5.62. The molecule has 0 aliphatic heterocycles. The number of fused-ring (bicyclic) bond motifs is 2. The molecule has 3 aromatic rings. The summed E-state index contributed by atoms with van der Waals surface area (Å²) in [5.41, 5.74) is 9.44. The molecule has 0 saturated carbocycles.